The third-order valence-corrected chi connectivity index (χ3v) is 6.82. The predicted molar refractivity (Wildman–Crippen MR) is 153 cm³/mol. The Hall–Kier alpha value is -4.31. The number of aromatic hydroxyl groups is 1. The van der Waals surface area contributed by atoms with Crippen LogP contribution in [0.25, 0.3) is 17.1 Å². The second-order valence-corrected chi connectivity index (χ2v) is 10.6. The smallest absolute Gasteiger partial charge is 0.250 e. The molecular formula is C29H31N5O4S. The third kappa shape index (κ3) is 6.58. The summed E-state index contributed by atoms with van der Waals surface area (Å²) in [5.74, 6) is 0.826. The Labute approximate surface area is 231 Å². The van der Waals surface area contributed by atoms with E-state index in [2.05, 4.69) is 53.6 Å². The number of thioether (sulfide) groups is 1. The fourth-order valence-corrected chi connectivity index (χ4v) is 4.55. The van der Waals surface area contributed by atoms with Crippen molar-refractivity contribution in [2.75, 3.05) is 20.0 Å². The third-order valence-electron chi connectivity index (χ3n) is 5.89. The van der Waals surface area contributed by atoms with E-state index in [4.69, 9.17) is 9.47 Å². The quantitative estimate of drug-likeness (QED) is 0.169. The van der Waals surface area contributed by atoms with Crippen molar-refractivity contribution < 1.29 is 19.4 Å². The highest BCUT2D eigenvalue weighted by Crippen LogP contribution is 2.36. The molecule has 0 aliphatic rings. The van der Waals surface area contributed by atoms with Gasteiger partial charge in [0.25, 0.3) is 5.91 Å². The molecule has 1 heterocycles. The Bertz CT molecular complexity index is 1440. The average Bonchev–Trinajstić information content (AvgIpc) is 3.36. The number of rotatable bonds is 9. The number of phenols is 1. The van der Waals surface area contributed by atoms with Gasteiger partial charge in [-0.05, 0) is 35.2 Å². The fourth-order valence-electron chi connectivity index (χ4n) is 3.81. The Kier molecular flexibility index (Phi) is 8.55. The summed E-state index contributed by atoms with van der Waals surface area (Å²) in [7, 11) is 2.88. The Morgan fingerprint density at radius 2 is 1.67 bits per heavy atom. The minimum atomic E-state index is -0.312. The van der Waals surface area contributed by atoms with E-state index in [1.165, 1.54) is 37.8 Å². The van der Waals surface area contributed by atoms with E-state index in [9.17, 15) is 9.90 Å². The molecule has 0 fully saturated rings. The summed E-state index contributed by atoms with van der Waals surface area (Å²) < 4.78 is 12.2. The lowest BCUT2D eigenvalue weighted by molar-refractivity contribution is -0.118. The van der Waals surface area contributed by atoms with E-state index < -0.39 is 0 Å². The van der Waals surface area contributed by atoms with Gasteiger partial charge in [-0.2, -0.15) is 5.10 Å². The maximum absolute atomic E-state index is 12.6. The average molecular weight is 546 g/mol. The summed E-state index contributed by atoms with van der Waals surface area (Å²) in [5, 5.41) is 23.5. The van der Waals surface area contributed by atoms with Crippen LogP contribution in [-0.4, -0.2) is 52.0 Å². The van der Waals surface area contributed by atoms with Crippen molar-refractivity contribution in [2.45, 2.75) is 31.3 Å². The molecule has 39 heavy (non-hydrogen) atoms. The largest absolute Gasteiger partial charge is 0.502 e. The molecule has 0 atom stereocenters. The number of aromatic nitrogens is 3. The number of methoxy groups -OCH3 is 2. The van der Waals surface area contributed by atoms with Crippen molar-refractivity contribution in [3.05, 3.63) is 77.9 Å². The number of para-hydroxylation sites is 1. The number of hydrogen-bond acceptors (Lipinski definition) is 8. The topological polar surface area (TPSA) is 111 Å². The van der Waals surface area contributed by atoms with Gasteiger partial charge in [-0.3, -0.25) is 9.36 Å². The molecule has 4 aromatic rings. The minimum absolute atomic E-state index is 0.0446. The van der Waals surface area contributed by atoms with Gasteiger partial charge in [-0.15, -0.1) is 10.2 Å². The lowest BCUT2D eigenvalue weighted by atomic mass is 9.87. The monoisotopic (exact) mass is 545 g/mol. The Morgan fingerprint density at radius 3 is 2.26 bits per heavy atom. The first-order chi connectivity index (χ1) is 18.7. The molecule has 0 unspecified atom stereocenters. The van der Waals surface area contributed by atoms with E-state index >= 15 is 0 Å². The lowest BCUT2D eigenvalue weighted by Gasteiger charge is -2.19. The molecule has 0 spiro atoms. The molecule has 4 rings (SSSR count). The molecule has 3 aromatic carbocycles. The van der Waals surface area contributed by atoms with Crippen LogP contribution in [0.15, 0.2) is 77.0 Å². The molecule has 9 nitrogen and oxygen atoms in total. The molecule has 1 aromatic heterocycles. The fraction of sp³-hybridized carbons (Fsp3) is 0.241. The van der Waals surface area contributed by atoms with Gasteiger partial charge >= 0.3 is 0 Å². The van der Waals surface area contributed by atoms with Crippen LogP contribution in [0.2, 0.25) is 0 Å². The van der Waals surface area contributed by atoms with Crippen LogP contribution in [0.4, 0.5) is 0 Å². The van der Waals surface area contributed by atoms with Crippen molar-refractivity contribution in [3.8, 4) is 34.3 Å². The maximum Gasteiger partial charge on any atom is 0.250 e. The molecule has 2 N–H and O–H groups in total. The molecule has 0 saturated heterocycles. The maximum atomic E-state index is 12.6. The number of nitrogens with one attached hydrogen (secondary N) is 1. The highest BCUT2D eigenvalue weighted by atomic mass is 32.2. The molecule has 0 aliphatic heterocycles. The lowest BCUT2D eigenvalue weighted by Crippen LogP contribution is -2.20. The van der Waals surface area contributed by atoms with Gasteiger partial charge in [0.05, 0.1) is 26.2 Å². The minimum Gasteiger partial charge on any atom is -0.502 e. The number of nitrogens with zero attached hydrogens (tertiary/aromatic N) is 4. The first-order valence-electron chi connectivity index (χ1n) is 12.2. The van der Waals surface area contributed by atoms with Crippen LogP contribution >= 0.6 is 11.8 Å². The second-order valence-electron chi connectivity index (χ2n) is 9.66. The summed E-state index contributed by atoms with van der Waals surface area (Å²) in [5.41, 5.74) is 6.20. The molecule has 0 bridgehead atoms. The van der Waals surface area contributed by atoms with Crippen molar-refractivity contribution in [2.24, 2.45) is 5.10 Å². The number of hydrogen-bond donors (Lipinski definition) is 2. The molecular weight excluding hydrogens is 514 g/mol. The predicted octanol–water partition coefficient (Wildman–Crippen LogP) is 5.20. The molecule has 1 amide bonds. The van der Waals surface area contributed by atoms with Gasteiger partial charge in [0.2, 0.25) is 5.75 Å². The number of carbonyl (C=O) groups is 1. The van der Waals surface area contributed by atoms with E-state index in [0.29, 0.717) is 16.5 Å². The van der Waals surface area contributed by atoms with Gasteiger partial charge in [0, 0.05) is 16.8 Å². The summed E-state index contributed by atoms with van der Waals surface area (Å²) in [6.07, 6.45) is 1.44. The van der Waals surface area contributed by atoms with Gasteiger partial charge in [0.15, 0.2) is 22.5 Å². The first kappa shape index (κ1) is 27.7. The van der Waals surface area contributed by atoms with Gasteiger partial charge in [0.1, 0.15) is 0 Å². The molecule has 10 heteroatoms. The van der Waals surface area contributed by atoms with Gasteiger partial charge in [-0.1, -0.05) is 75.0 Å². The zero-order valence-electron chi connectivity index (χ0n) is 22.5. The summed E-state index contributed by atoms with van der Waals surface area (Å²) in [6, 6.07) is 21.3. The summed E-state index contributed by atoms with van der Waals surface area (Å²) >= 11 is 1.26. The number of hydrazone groups is 1. The highest BCUT2D eigenvalue weighted by Gasteiger charge is 2.19. The number of benzene rings is 3. The van der Waals surface area contributed by atoms with Crippen molar-refractivity contribution >= 4 is 23.9 Å². The van der Waals surface area contributed by atoms with Gasteiger partial charge in [-0.25, -0.2) is 5.43 Å². The van der Waals surface area contributed by atoms with Crippen LogP contribution in [0.1, 0.15) is 31.9 Å². The normalized spacial score (nSPS) is 11.5. The molecule has 0 aliphatic carbocycles. The molecule has 0 saturated carbocycles. The second kappa shape index (κ2) is 12.0. The number of phenolic OH excluding ortho intramolecular Hbond substituents is 1. The van der Waals surface area contributed by atoms with E-state index in [-0.39, 0.29) is 34.3 Å². The van der Waals surface area contributed by atoms with Crippen LogP contribution in [0.3, 0.4) is 0 Å². The summed E-state index contributed by atoms with van der Waals surface area (Å²) in [4.78, 5) is 12.6. The zero-order valence-corrected chi connectivity index (χ0v) is 23.3. The van der Waals surface area contributed by atoms with E-state index in [1.807, 2.05) is 47.0 Å². The van der Waals surface area contributed by atoms with Crippen LogP contribution in [0.5, 0.6) is 17.2 Å². The molecule has 0 radical (unpaired) electrons. The molecule has 202 valence electrons. The summed E-state index contributed by atoms with van der Waals surface area (Å²) in [6.45, 7) is 6.53. The highest BCUT2D eigenvalue weighted by molar-refractivity contribution is 7.99. The SMILES string of the molecule is COc1cc(C=NNC(=O)CSc2nnc(-c3ccc(C(C)(C)C)cc3)n2-c2ccccc2)cc(OC)c1O. The van der Waals surface area contributed by atoms with Crippen molar-refractivity contribution in [1.82, 2.24) is 20.2 Å². The van der Waals surface area contributed by atoms with Crippen molar-refractivity contribution in [3.63, 3.8) is 0 Å². The zero-order chi connectivity index (χ0) is 28.0. The van der Waals surface area contributed by atoms with Gasteiger partial charge < -0.3 is 14.6 Å². The van der Waals surface area contributed by atoms with Crippen LogP contribution < -0.4 is 14.9 Å². The van der Waals surface area contributed by atoms with E-state index in [1.54, 1.807) is 12.1 Å². The number of amides is 1. The number of ether oxygens (including phenoxy) is 2. The van der Waals surface area contributed by atoms with Crippen LogP contribution in [0, 0.1) is 0 Å². The standard InChI is InChI=1S/C29H31N5O4S/c1-29(2,3)21-13-11-20(12-14-21)27-32-33-28(34(27)22-9-7-6-8-10-22)39-18-25(35)31-30-17-19-15-23(37-4)26(36)24(16-19)38-5/h6-17,36H,18H2,1-5H3,(H,31,35). The van der Waals surface area contributed by atoms with Crippen molar-refractivity contribution in [1.29, 1.82) is 0 Å². The van der Waals surface area contributed by atoms with Crippen LogP contribution in [-0.2, 0) is 10.2 Å². The number of carbonyl (C=O) groups excluding carboxylic acids is 1. The Balaban J connectivity index is 1.50. The van der Waals surface area contributed by atoms with E-state index in [0.717, 1.165) is 11.3 Å². The first-order valence-corrected chi connectivity index (χ1v) is 13.2. The Morgan fingerprint density at radius 1 is 1.03 bits per heavy atom.